The number of aliphatic hydroxyl groups is 2. The third kappa shape index (κ3) is 10.3. The summed E-state index contributed by atoms with van der Waals surface area (Å²) in [7, 11) is 0. The molecule has 2 amide bonds. The summed E-state index contributed by atoms with van der Waals surface area (Å²) in [6.07, 6.45) is -0.520. The Bertz CT molecular complexity index is 315. The van der Waals surface area contributed by atoms with Gasteiger partial charge in [-0.3, -0.25) is 9.59 Å². The number of hydrogen-bond donors (Lipinski definition) is 4. The third-order valence-electron chi connectivity index (χ3n) is 3.11. The Kier molecular flexibility index (Phi) is 11.6. The van der Waals surface area contributed by atoms with Crippen molar-refractivity contribution in [1.29, 1.82) is 0 Å². The van der Waals surface area contributed by atoms with Crippen molar-refractivity contribution < 1.29 is 24.5 Å². The molecule has 0 aliphatic rings. The number of carbonyl (C=O) groups excluding carboxylic acids is 2. The first-order chi connectivity index (χ1) is 10.8. The van der Waals surface area contributed by atoms with E-state index in [2.05, 4.69) is 10.6 Å². The second-order valence-electron chi connectivity index (χ2n) is 6.40. The first kappa shape index (κ1) is 21.8. The highest BCUT2D eigenvalue weighted by Crippen LogP contribution is 2.16. The lowest BCUT2D eigenvalue weighted by atomic mass is 10.0. The van der Waals surface area contributed by atoms with Crippen molar-refractivity contribution in [3.05, 3.63) is 0 Å². The van der Waals surface area contributed by atoms with Crippen molar-refractivity contribution in [2.75, 3.05) is 26.3 Å². The molecule has 7 heteroatoms. The van der Waals surface area contributed by atoms with Crippen LogP contribution in [0.4, 0.5) is 0 Å². The zero-order valence-electron chi connectivity index (χ0n) is 14.7. The number of carbonyl (C=O) groups is 2. The molecule has 0 aromatic carbocycles. The van der Waals surface area contributed by atoms with Crippen LogP contribution in [-0.2, 0) is 14.3 Å². The summed E-state index contributed by atoms with van der Waals surface area (Å²) in [5.41, 5.74) is 0. The fraction of sp³-hybridized carbons (Fsp3) is 0.875. The van der Waals surface area contributed by atoms with Crippen LogP contribution in [0.25, 0.3) is 0 Å². The van der Waals surface area contributed by atoms with E-state index < -0.39 is 12.2 Å². The standard InChI is InChI=1S/C16H32N2O5/c1-11(2)9-13(15(21)17-5-7-19)23-14(10-12(3)4)16(22)18-6-8-20/h11-14,19-20H,5-10H2,1-4H3,(H,17,21)(H,18,22)/t13-,14-/m0/s1. The average molecular weight is 332 g/mol. The Balaban J connectivity index is 4.93. The molecule has 0 bridgehead atoms. The van der Waals surface area contributed by atoms with Gasteiger partial charge in [0.2, 0.25) is 11.8 Å². The Morgan fingerprint density at radius 3 is 1.43 bits per heavy atom. The Morgan fingerprint density at radius 1 is 0.826 bits per heavy atom. The maximum atomic E-state index is 12.2. The fourth-order valence-corrected chi connectivity index (χ4v) is 2.09. The number of aliphatic hydroxyl groups excluding tert-OH is 2. The minimum atomic E-state index is -0.745. The molecule has 7 nitrogen and oxygen atoms in total. The molecular weight excluding hydrogens is 300 g/mol. The minimum absolute atomic E-state index is 0.146. The highest BCUT2D eigenvalue weighted by molar-refractivity contribution is 5.83. The molecule has 2 atom stereocenters. The van der Waals surface area contributed by atoms with Gasteiger partial charge in [-0.2, -0.15) is 0 Å². The highest BCUT2D eigenvalue weighted by Gasteiger charge is 2.28. The summed E-state index contributed by atoms with van der Waals surface area (Å²) < 4.78 is 5.80. The van der Waals surface area contributed by atoms with Crippen molar-refractivity contribution in [2.24, 2.45) is 11.8 Å². The van der Waals surface area contributed by atoms with Gasteiger partial charge in [0.1, 0.15) is 12.2 Å². The van der Waals surface area contributed by atoms with Crippen LogP contribution in [0.3, 0.4) is 0 Å². The lowest BCUT2D eigenvalue weighted by Gasteiger charge is -2.26. The van der Waals surface area contributed by atoms with Crippen LogP contribution < -0.4 is 10.6 Å². The van der Waals surface area contributed by atoms with Crippen molar-refractivity contribution in [3.63, 3.8) is 0 Å². The predicted molar refractivity (Wildman–Crippen MR) is 87.8 cm³/mol. The van der Waals surface area contributed by atoms with E-state index in [9.17, 15) is 9.59 Å². The van der Waals surface area contributed by atoms with Gasteiger partial charge in [-0.05, 0) is 24.7 Å². The van der Waals surface area contributed by atoms with Gasteiger partial charge in [-0.1, -0.05) is 27.7 Å². The molecule has 0 spiro atoms. The smallest absolute Gasteiger partial charge is 0.249 e. The SMILES string of the molecule is CC(C)C[C@H](O[C@@H](CC(C)C)C(=O)NCCO)C(=O)NCCO. The first-order valence-corrected chi connectivity index (χ1v) is 8.24. The van der Waals surface area contributed by atoms with E-state index in [0.717, 1.165) is 0 Å². The van der Waals surface area contributed by atoms with Crippen LogP contribution in [0.5, 0.6) is 0 Å². The molecule has 0 radical (unpaired) electrons. The van der Waals surface area contributed by atoms with E-state index in [1.54, 1.807) is 0 Å². The zero-order valence-corrected chi connectivity index (χ0v) is 14.7. The third-order valence-corrected chi connectivity index (χ3v) is 3.11. The molecule has 0 aromatic rings. The van der Waals surface area contributed by atoms with Crippen LogP contribution in [-0.4, -0.2) is 60.5 Å². The second-order valence-corrected chi connectivity index (χ2v) is 6.40. The Morgan fingerprint density at radius 2 is 1.17 bits per heavy atom. The van der Waals surface area contributed by atoms with Gasteiger partial charge in [0.05, 0.1) is 13.2 Å². The predicted octanol–water partition coefficient (Wildman–Crippen LogP) is 0.0494. The Labute approximate surface area is 138 Å². The molecule has 0 aliphatic carbocycles. The van der Waals surface area contributed by atoms with Crippen LogP contribution in [0.2, 0.25) is 0 Å². The van der Waals surface area contributed by atoms with Gasteiger partial charge in [0.25, 0.3) is 0 Å². The van der Waals surface area contributed by atoms with E-state index in [0.29, 0.717) is 12.8 Å². The largest absolute Gasteiger partial charge is 0.395 e. The number of nitrogens with one attached hydrogen (secondary N) is 2. The van der Waals surface area contributed by atoms with Crippen molar-refractivity contribution in [3.8, 4) is 0 Å². The summed E-state index contributed by atoms with van der Waals surface area (Å²) in [4.78, 5) is 24.4. The quantitative estimate of drug-likeness (QED) is 0.404. The van der Waals surface area contributed by atoms with Gasteiger partial charge in [0, 0.05) is 13.1 Å². The molecular formula is C16H32N2O5. The van der Waals surface area contributed by atoms with Gasteiger partial charge in [0.15, 0.2) is 0 Å². The summed E-state index contributed by atoms with van der Waals surface area (Å²) in [6, 6.07) is 0. The molecule has 23 heavy (non-hydrogen) atoms. The molecule has 0 fully saturated rings. The van der Waals surface area contributed by atoms with Crippen molar-refractivity contribution in [2.45, 2.75) is 52.7 Å². The molecule has 0 rings (SSSR count). The van der Waals surface area contributed by atoms with Crippen molar-refractivity contribution >= 4 is 11.8 Å². The fourth-order valence-electron chi connectivity index (χ4n) is 2.09. The van der Waals surface area contributed by atoms with E-state index in [-0.39, 0.29) is 50.0 Å². The molecule has 136 valence electrons. The zero-order chi connectivity index (χ0) is 17.8. The van der Waals surface area contributed by atoms with E-state index in [1.807, 2.05) is 27.7 Å². The van der Waals surface area contributed by atoms with E-state index in [4.69, 9.17) is 14.9 Å². The molecule has 0 aromatic heterocycles. The lowest BCUT2D eigenvalue weighted by molar-refractivity contribution is -0.148. The maximum absolute atomic E-state index is 12.2. The van der Waals surface area contributed by atoms with Crippen LogP contribution in [0.15, 0.2) is 0 Å². The second kappa shape index (κ2) is 12.3. The van der Waals surface area contributed by atoms with E-state index >= 15 is 0 Å². The van der Waals surface area contributed by atoms with Gasteiger partial charge >= 0.3 is 0 Å². The molecule has 4 N–H and O–H groups in total. The number of amides is 2. The van der Waals surface area contributed by atoms with Crippen molar-refractivity contribution in [1.82, 2.24) is 10.6 Å². The van der Waals surface area contributed by atoms with E-state index in [1.165, 1.54) is 0 Å². The summed E-state index contributed by atoms with van der Waals surface area (Å²) >= 11 is 0. The van der Waals surface area contributed by atoms with Crippen LogP contribution in [0, 0.1) is 11.8 Å². The normalized spacial score (nSPS) is 13.9. The minimum Gasteiger partial charge on any atom is -0.395 e. The number of ether oxygens (including phenoxy) is 1. The van der Waals surface area contributed by atoms with Crippen LogP contribution >= 0.6 is 0 Å². The average Bonchev–Trinajstić information content (AvgIpc) is 2.47. The number of rotatable bonds is 12. The highest BCUT2D eigenvalue weighted by atomic mass is 16.5. The first-order valence-electron chi connectivity index (χ1n) is 8.24. The summed E-state index contributed by atoms with van der Waals surface area (Å²) in [5, 5.41) is 22.8. The Hall–Kier alpha value is -1.18. The topological polar surface area (TPSA) is 108 Å². The van der Waals surface area contributed by atoms with Gasteiger partial charge in [-0.25, -0.2) is 0 Å². The summed E-state index contributed by atoms with van der Waals surface area (Å²) in [6.45, 7) is 7.90. The summed E-state index contributed by atoms with van der Waals surface area (Å²) in [5.74, 6) is -0.201. The number of hydrogen-bond acceptors (Lipinski definition) is 5. The van der Waals surface area contributed by atoms with Gasteiger partial charge in [-0.15, -0.1) is 0 Å². The lowest BCUT2D eigenvalue weighted by Crippen LogP contribution is -2.45. The molecule has 0 saturated carbocycles. The molecule has 0 heterocycles. The molecule has 0 saturated heterocycles. The van der Waals surface area contributed by atoms with Crippen LogP contribution in [0.1, 0.15) is 40.5 Å². The monoisotopic (exact) mass is 332 g/mol. The molecule has 0 aliphatic heterocycles. The molecule has 0 unspecified atom stereocenters. The van der Waals surface area contributed by atoms with Gasteiger partial charge < -0.3 is 25.6 Å². The maximum Gasteiger partial charge on any atom is 0.249 e.